The summed E-state index contributed by atoms with van der Waals surface area (Å²) < 4.78 is 0. The first-order chi connectivity index (χ1) is 14.5. The minimum absolute atomic E-state index is 0.0643. The zero-order valence-electron chi connectivity index (χ0n) is 16.5. The van der Waals surface area contributed by atoms with E-state index >= 15 is 0 Å². The highest BCUT2D eigenvalue weighted by Gasteiger charge is 2.19. The van der Waals surface area contributed by atoms with Crippen LogP contribution in [0.4, 0.5) is 11.4 Å². The molecule has 0 saturated heterocycles. The number of carbonyl (C=O) groups excluding carboxylic acids is 2. The van der Waals surface area contributed by atoms with Crippen molar-refractivity contribution in [1.82, 2.24) is 10.3 Å². The predicted molar refractivity (Wildman–Crippen MR) is 116 cm³/mol. The standard InChI is InChI=1S/C21H24N4O4S/c26-20(23-12-15-6-2-1-3-7-15)14-30-19-9-5-4-8-16(19)21(27)24-17-10-11-22-13-18(17)25(28)29/h4-5,8-11,13,15H,1-3,6-7,12,14H2,(H,23,26)(H,22,24,27). The lowest BCUT2D eigenvalue weighted by atomic mass is 9.89. The Kier molecular flexibility index (Phi) is 7.78. The molecule has 158 valence electrons. The van der Waals surface area contributed by atoms with E-state index in [-0.39, 0.29) is 23.0 Å². The zero-order valence-corrected chi connectivity index (χ0v) is 17.3. The van der Waals surface area contributed by atoms with E-state index in [1.165, 1.54) is 43.3 Å². The average molecular weight is 429 g/mol. The van der Waals surface area contributed by atoms with Gasteiger partial charge in [0.2, 0.25) is 5.91 Å². The van der Waals surface area contributed by atoms with Crippen molar-refractivity contribution in [3.63, 3.8) is 0 Å². The van der Waals surface area contributed by atoms with Crippen LogP contribution in [-0.2, 0) is 4.79 Å². The summed E-state index contributed by atoms with van der Waals surface area (Å²) in [5.74, 6) is 0.217. The van der Waals surface area contributed by atoms with E-state index in [1.54, 1.807) is 24.3 Å². The molecule has 3 rings (SSSR count). The first-order valence-corrected chi connectivity index (χ1v) is 10.9. The Morgan fingerprint density at radius 1 is 1.17 bits per heavy atom. The lowest BCUT2D eigenvalue weighted by Gasteiger charge is -2.21. The largest absolute Gasteiger partial charge is 0.355 e. The Hall–Kier alpha value is -2.94. The van der Waals surface area contributed by atoms with Crippen LogP contribution in [0.25, 0.3) is 0 Å². The molecule has 9 heteroatoms. The monoisotopic (exact) mass is 428 g/mol. The lowest BCUT2D eigenvalue weighted by molar-refractivity contribution is -0.384. The number of thioether (sulfide) groups is 1. The molecule has 1 aliphatic rings. The molecule has 0 radical (unpaired) electrons. The second-order valence-electron chi connectivity index (χ2n) is 7.20. The van der Waals surface area contributed by atoms with Crippen molar-refractivity contribution in [2.75, 3.05) is 17.6 Å². The van der Waals surface area contributed by atoms with Crippen LogP contribution >= 0.6 is 11.8 Å². The highest BCUT2D eigenvalue weighted by atomic mass is 32.2. The third-order valence-electron chi connectivity index (χ3n) is 5.05. The van der Waals surface area contributed by atoms with Gasteiger partial charge in [-0.2, -0.15) is 0 Å². The molecule has 1 heterocycles. The topological polar surface area (TPSA) is 114 Å². The van der Waals surface area contributed by atoms with E-state index in [0.29, 0.717) is 22.9 Å². The van der Waals surface area contributed by atoms with Crippen molar-refractivity contribution in [2.24, 2.45) is 5.92 Å². The summed E-state index contributed by atoms with van der Waals surface area (Å²) in [5.41, 5.74) is 0.150. The number of hydrogen-bond donors (Lipinski definition) is 2. The second kappa shape index (κ2) is 10.7. The van der Waals surface area contributed by atoms with Crippen LogP contribution in [0, 0.1) is 16.0 Å². The number of nitrogens with one attached hydrogen (secondary N) is 2. The number of hydrogen-bond acceptors (Lipinski definition) is 6. The SMILES string of the molecule is O=C(CSc1ccccc1C(=O)Nc1ccncc1[N+](=O)[O-])NCC1CCCCC1. The van der Waals surface area contributed by atoms with Gasteiger partial charge in [0.05, 0.1) is 16.2 Å². The number of aromatic nitrogens is 1. The fourth-order valence-corrected chi connectivity index (χ4v) is 4.33. The van der Waals surface area contributed by atoms with Crippen LogP contribution in [0.5, 0.6) is 0 Å². The van der Waals surface area contributed by atoms with Gasteiger partial charge in [0, 0.05) is 17.6 Å². The molecule has 30 heavy (non-hydrogen) atoms. The summed E-state index contributed by atoms with van der Waals surface area (Å²) in [6, 6.07) is 8.26. The number of anilines is 1. The molecule has 1 aliphatic carbocycles. The molecule has 1 aromatic carbocycles. The number of pyridine rings is 1. The third kappa shape index (κ3) is 6.03. The first kappa shape index (κ1) is 21.8. The van der Waals surface area contributed by atoms with Crippen LogP contribution in [0.15, 0.2) is 47.6 Å². The van der Waals surface area contributed by atoms with E-state index in [4.69, 9.17) is 0 Å². The average Bonchev–Trinajstić information content (AvgIpc) is 2.77. The molecule has 2 aromatic rings. The Bertz CT molecular complexity index is 915. The molecule has 1 aromatic heterocycles. The summed E-state index contributed by atoms with van der Waals surface area (Å²) in [5, 5.41) is 16.7. The molecule has 1 fully saturated rings. The Morgan fingerprint density at radius 2 is 1.93 bits per heavy atom. The van der Waals surface area contributed by atoms with Crippen LogP contribution in [0.1, 0.15) is 42.5 Å². The second-order valence-corrected chi connectivity index (χ2v) is 8.21. The molecule has 0 unspecified atom stereocenters. The molecule has 1 saturated carbocycles. The van der Waals surface area contributed by atoms with Crippen molar-refractivity contribution < 1.29 is 14.5 Å². The lowest BCUT2D eigenvalue weighted by Crippen LogP contribution is -2.31. The van der Waals surface area contributed by atoms with E-state index in [9.17, 15) is 19.7 Å². The van der Waals surface area contributed by atoms with Gasteiger partial charge in [-0.1, -0.05) is 31.4 Å². The van der Waals surface area contributed by atoms with E-state index in [1.807, 2.05) is 0 Å². The number of benzene rings is 1. The van der Waals surface area contributed by atoms with E-state index < -0.39 is 10.8 Å². The van der Waals surface area contributed by atoms with Crippen LogP contribution in [0.2, 0.25) is 0 Å². The van der Waals surface area contributed by atoms with Gasteiger partial charge in [0.15, 0.2) is 0 Å². The zero-order chi connectivity index (χ0) is 21.3. The minimum atomic E-state index is -0.597. The third-order valence-corrected chi connectivity index (χ3v) is 6.12. The Labute approximate surface area is 179 Å². The maximum Gasteiger partial charge on any atom is 0.310 e. The summed E-state index contributed by atoms with van der Waals surface area (Å²) in [6.07, 6.45) is 8.53. The van der Waals surface area contributed by atoms with Crippen molar-refractivity contribution in [1.29, 1.82) is 0 Å². The molecule has 0 atom stereocenters. The summed E-state index contributed by atoms with van der Waals surface area (Å²) in [7, 11) is 0. The molecule has 8 nitrogen and oxygen atoms in total. The minimum Gasteiger partial charge on any atom is -0.355 e. The maximum absolute atomic E-state index is 12.7. The number of rotatable bonds is 8. The van der Waals surface area contributed by atoms with Gasteiger partial charge in [0.1, 0.15) is 11.9 Å². The normalized spacial score (nSPS) is 14.1. The van der Waals surface area contributed by atoms with Gasteiger partial charge in [0.25, 0.3) is 5.91 Å². The molecule has 2 amide bonds. The maximum atomic E-state index is 12.7. The fraction of sp³-hybridized carbons (Fsp3) is 0.381. The van der Waals surface area contributed by atoms with Gasteiger partial charge < -0.3 is 10.6 Å². The summed E-state index contributed by atoms with van der Waals surface area (Å²) in [4.78, 5) is 39.8. The molecule has 0 bridgehead atoms. The van der Waals surface area contributed by atoms with E-state index in [2.05, 4.69) is 15.6 Å². The molecular formula is C21H24N4O4S. The van der Waals surface area contributed by atoms with Crippen molar-refractivity contribution >= 4 is 35.0 Å². The van der Waals surface area contributed by atoms with Crippen molar-refractivity contribution in [3.8, 4) is 0 Å². The fourth-order valence-electron chi connectivity index (χ4n) is 3.45. The van der Waals surface area contributed by atoms with Gasteiger partial charge in [-0.05, 0) is 37.0 Å². The van der Waals surface area contributed by atoms with Gasteiger partial charge in [-0.3, -0.25) is 24.7 Å². The number of nitro groups is 1. The number of amides is 2. The summed E-state index contributed by atoms with van der Waals surface area (Å²) >= 11 is 1.27. The number of carbonyl (C=O) groups is 2. The van der Waals surface area contributed by atoms with Crippen LogP contribution in [-0.4, -0.2) is 34.0 Å². The van der Waals surface area contributed by atoms with Crippen molar-refractivity contribution in [3.05, 3.63) is 58.4 Å². The van der Waals surface area contributed by atoms with Crippen LogP contribution < -0.4 is 10.6 Å². The van der Waals surface area contributed by atoms with Gasteiger partial charge >= 0.3 is 5.69 Å². The molecule has 0 aliphatic heterocycles. The van der Waals surface area contributed by atoms with Gasteiger partial charge in [-0.25, -0.2) is 0 Å². The Morgan fingerprint density at radius 3 is 2.70 bits per heavy atom. The quantitative estimate of drug-likeness (QED) is 0.373. The highest BCUT2D eigenvalue weighted by Crippen LogP contribution is 2.27. The smallest absolute Gasteiger partial charge is 0.310 e. The first-order valence-electron chi connectivity index (χ1n) is 9.93. The summed E-state index contributed by atoms with van der Waals surface area (Å²) in [6.45, 7) is 0.702. The number of nitrogens with zero attached hydrogens (tertiary/aromatic N) is 2. The van der Waals surface area contributed by atoms with Crippen molar-refractivity contribution in [2.45, 2.75) is 37.0 Å². The predicted octanol–water partition coefficient (Wildman–Crippen LogP) is 4.03. The highest BCUT2D eigenvalue weighted by molar-refractivity contribution is 8.00. The molecule has 0 spiro atoms. The van der Waals surface area contributed by atoms with E-state index in [0.717, 1.165) is 19.0 Å². The van der Waals surface area contributed by atoms with Gasteiger partial charge in [-0.15, -0.1) is 11.8 Å². The molecular weight excluding hydrogens is 404 g/mol. The Balaban J connectivity index is 1.59. The van der Waals surface area contributed by atoms with Crippen LogP contribution in [0.3, 0.4) is 0 Å². The molecule has 2 N–H and O–H groups in total.